The molecule has 18 heavy (non-hydrogen) atoms. The maximum atomic E-state index is 4.54. The molecule has 0 bridgehead atoms. The standard InChI is InChI=1S/C17H15N/c1-2-13-9-6-10-16-15(11-12-18-17(13)16)14-7-4-3-5-8-14/h3-12H,2H2,1H3. The van der Waals surface area contributed by atoms with Crippen LogP contribution in [0, 0.1) is 0 Å². The zero-order valence-electron chi connectivity index (χ0n) is 10.4. The lowest BCUT2D eigenvalue weighted by atomic mass is 9.99. The van der Waals surface area contributed by atoms with Gasteiger partial charge in [-0.05, 0) is 29.2 Å². The summed E-state index contributed by atoms with van der Waals surface area (Å²) in [5.74, 6) is 0. The molecule has 0 aliphatic heterocycles. The van der Waals surface area contributed by atoms with Crippen molar-refractivity contribution in [3.05, 3.63) is 66.4 Å². The fourth-order valence-corrected chi connectivity index (χ4v) is 2.39. The Morgan fingerprint density at radius 1 is 0.889 bits per heavy atom. The molecule has 0 N–H and O–H groups in total. The summed E-state index contributed by atoms with van der Waals surface area (Å²) in [5.41, 5.74) is 4.95. The van der Waals surface area contributed by atoms with Crippen molar-refractivity contribution < 1.29 is 0 Å². The number of hydrogen-bond donors (Lipinski definition) is 0. The molecule has 1 heterocycles. The molecule has 3 rings (SSSR count). The molecular weight excluding hydrogens is 218 g/mol. The second-order valence-corrected chi connectivity index (χ2v) is 4.39. The highest BCUT2D eigenvalue weighted by atomic mass is 14.7. The normalized spacial score (nSPS) is 10.7. The first-order valence-electron chi connectivity index (χ1n) is 6.32. The molecule has 88 valence electrons. The van der Waals surface area contributed by atoms with Crippen LogP contribution < -0.4 is 0 Å². The van der Waals surface area contributed by atoms with E-state index < -0.39 is 0 Å². The average Bonchev–Trinajstić information content (AvgIpc) is 2.47. The Bertz CT molecular complexity index is 672. The molecular formula is C17H15N. The largest absolute Gasteiger partial charge is 0.256 e. The zero-order valence-corrected chi connectivity index (χ0v) is 10.4. The maximum Gasteiger partial charge on any atom is 0.0740 e. The SMILES string of the molecule is CCc1cccc2c(-c3ccccc3)ccnc12. The van der Waals surface area contributed by atoms with Crippen LogP contribution in [0.1, 0.15) is 12.5 Å². The van der Waals surface area contributed by atoms with Crippen LogP contribution in [0.4, 0.5) is 0 Å². The van der Waals surface area contributed by atoms with Gasteiger partial charge in [0.2, 0.25) is 0 Å². The van der Waals surface area contributed by atoms with Gasteiger partial charge >= 0.3 is 0 Å². The highest BCUT2D eigenvalue weighted by molar-refractivity contribution is 5.95. The van der Waals surface area contributed by atoms with Gasteiger partial charge in [-0.15, -0.1) is 0 Å². The molecule has 0 aliphatic carbocycles. The number of para-hydroxylation sites is 1. The first-order chi connectivity index (χ1) is 8.90. The molecule has 1 nitrogen and oxygen atoms in total. The van der Waals surface area contributed by atoms with Crippen molar-refractivity contribution >= 4 is 10.9 Å². The van der Waals surface area contributed by atoms with Gasteiger partial charge in [0.05, 0.1) is 5.52 Å². The minimum atomic E-state index is 1.02. The van der Waals surface area contributed by atoms with E-state index in [1.165, 1.54) is 22.1 Å². The summed E-state index contributed by atoms with van der Waals surface area (Å²) in [7, 11) is 0. The average molecular weight is 233 g/mol. The minimum Gasteiger partial charge on any atom is -0.256 e. The molecule has 0 spiro atoms. The van der Waals surface area contributed by atoms with Crippen LogP contribution >= 0.6 is 0 Å². The second kappa shape index (κ2) is 4.61. The van der Waals surface area contributed by atoms with E-state index in [0.717, 1.165) is 11.9 Å². The molecule has 0 aliphatic rings. The summed E-state index contributed by atoms with van der Waals surface area (Å²) in [6.07, 6.45) is 2.92. The predicted molar refractivity (Wildman–Crippen MR) is 76.6 cm³/mol. The van der Waals surface area contributed by atoms with Crippen LogP contribution in [-0.2, 0) is 6.42 Å². The van der Waals surface area contributed by atoms with Crippen LogP contribution in [0.3, 0.4) is 0 Å². The molecule has 0 saturated carbocycles. The first kappa shape index (κ1) is 11.0. The number of aryl methyl sites for hydroxylation is 1. The van der Waals surface area contributed by atoms with Gasteiger partial charge in [-0.25, -0.2) is 0 Å². The predicted octanol–water partition coefficient (Wildman–Crippen LogP) is 4.46. The van der Waals surface area contributed by atoms with Gasteiger partial charge in [-0.1, -0.05) is 55.5 Å². The fourth-order valence-electron chi connectivity index (χ4n) is 2.39. The third kappa shape index (κ3) is 1.78. The van der Waals surface area contributed by atoms with E-state index in [2.05, 4.69) is 60.4 Å². The molecule has 1 heteroatoms. The summed E-state index contributed by atoms with van der Waals surface area (Å²) in [6.45, 7) is 2.17. The van der Waals surface area contributed by atoms with Crippen molar-refractivity contribution in [1.82, 2.24) is 4.98 Å². The quantitative estimate of drug-likeness (QED) is 0.636. The van der Waals surface area contributed by atoms with E-state index in [-0.39, 0.29) is 0 Å². The van der Waals surface area contributed by atoms with Crippen molar-refractivity contribution in [3.8, 4) is 11.1 Å². The highest BCUT2D eigenvalue weighted by Gasteiger charge is 2.06. The van der Waals surface area contributed by atoms with E-state index in [0.29, 0.717) is 0 Å². The Labute approximate surface area is 107 Å². The smallest absolute Gasteiger partial charge is 0.0740 e. The number of hydrogen-bond acceptors (Lipinski definition) is 1. The number of pyridine rings is 1. The Morgan fingerprint density at radius 3 is 2.50 bits per heavy atom. The lowest BCUT2D eigenvalue weighted by Crippen LogP contribution is -1.89. The molecule has 3 aromatic rings. The summed E-state index contributed by atoms with van der Waals surface area (Å²) in [4.78, 5) is 4.54. The molecule has 0 unspecified atom stereocenters. The van der Waals surface area contributed by atoms with Crippen molar-refractivity contribution in [3.63, 3.8) is 0 Å². The summed E-state index contributed by atoms with van der Waals surface area (Å²) in [5, 5.41) is 1.24. The molecule has 0 fully saturated rings. The lowest BCUT2D eigenvalue weighted by molar-refractivity contribution is 1.14. The Morgan fingerprint density at radius 2 is 1.72 bits per heavy atom. The van der Waals surface area contributed by atoms with Crippen molar-refractivity contribution in [1.29, 1.82) is 0 Å². The van der Waals surface area contributed by atoms with Gasteiger partial charge in [-0.2, -0.15) is 0 Å². The fraction of sp³-hybridized carbons (Fsp3) is 0.118. The highest BCUT2D eigenvalue weighted by Crippen LogP contribution is 2.28. The van der Waals surface area contributed by atoms with Gasteiger partial charge < -0.3 is 0 Å². The topological polar surface area (TPSA) is 12.9 Å². The Kier molecular flexibility index (Phi) is 2.81. The molecule has 1 aromatic heterocycles. The molecule has 0 atom stereocenters. The van der Waals surface area contributed by atoms with Crippen LogP contribution in [0.2, 0.25) is 0 Å². The molecule has 0 amide bonds. The van der Waals surface area contributed by atoms with Gasteiger partial charge in [-0.3, -0.25) is 4.98 Å². The van der Waals surface area contributed by atoms with Crippen LogP contribution in [0.15, 0.2) is 60.8 Å². The number of rotatable bonds is 2. The van der Waals surface area contributed by atoms with Crippen molar-refractivity contribution in [2.75, 3.05) is 0 Å². The number of fused-ring (bicyclic) bond motifs is 1. The maximum absolute atomic E-state index is 4.54. The third-order valence-electron chi connectivity index (χ3n) is 3.32. The monoisotopic (exact) mass is 233 g/mol. The van der Waals surface area contributed by atoms with Crippen molar-refractivity contribution in [2.24, 2.45) is 0 Å². The lowest BCUT2D eigenvalue weighted by Gasteiger charge is -2.08. The van der Waals surface area contributed by atoms with Gasteiger partial charge in [0.25, 0.3) is 0 Å². The van der Waals surface area contributed by atoms with Crippen LogP contribution in [-0.4, -0.2) is 4.98 Å². The van der Waals surface area contributed by atoms with E-state index in [9.17, 15) is 0 Å². The van der Waals surface area contributed by atoms with Gasteiger partial charge in [0.15, 0.2) is 0 Å². The third-order valence-corrected chi connectivity index (χ3v) is 3.32. The number of aromatic nitrogens is 1. The van der Waals surface area contributed by atoms with E-state index in [4.69, 9.17) is 0 Å². The van der Waals surface area contributed by atoms with Crippen molar-refractivity contribution in [2.45, 2.75) is 13.3 Å². The van der Waals surface area contributed by atoms with Crippen LogP contribution in [0.5, 0.6) is 0 Å². The number of nitrogens with zero attached hydrogens (tertiary/aromatic N) is 1. The molecule has 2 aromatic carbocycles. The van der Waals surface area contributed by atoms with Gasteiger partial charge in [0.1, 0.15) is 0 Å². The van der Waals surface area contributed by atoms with E-state index >= 15 is 0 Å². The van der Waals surface area contributed by atoms with Crippen LogP contribution in [0.25, 0.3) is 22.0 Å². The summed E-state index contributed by atoms with van der Waals surface area (Å²) in [6, 6.07) is 19.0. The summed E-state index contributed by atoms with van der Waals surface area (Å²) < 4.78 is 0. The molecule has 0 saturated heterocycles. The molecule has 0 radical (unpaired) electrons. The zero-order chi connectivity index (χ0) is 12.4. The second-order valence-electron chi connectivity index (χ2n) is 4.39. The minimum absolute atomic E-state index is 1.02. The Hall–Kier alpha value is -2.15. The number of benzene rings is 2. The van der Waals surface area contributed by atoms with E-state index in [1.54, 1.807) is 0 Å². The first-order valence-corrected chi connectivity index (χ1v) is 6.32. The Balaban J connectivity index is 2.32. The van der Waals surface area contributed by atoms with Gasteiger partial charge in [0, 0.05) is 11.6 Å². The summed E-state index contributed by atoms with van der Waals surface area (Å²) >= 11 is 0. The van der Waals surface area contributed by atoms with E-state index in [1.807, 2.05) is 12.3 Å².